The molecule has 2 aromatic carbocycles. The molecule has 2 amide bonds. The number of nitrogens with two attached hydrogens (primary N) is 1. The van der Waals surface area contributed by atoms with E-state index in [1.807, 2.05) is 13.2 Å². The van der Waals surface area contributed by atoms with Crippen LogP contribution >= 0.6 is 0 Å². The van der Waals surface area contributed by atoms with Crippen molar-refractivity contribution >= 4 is 45.4 Å². The van der Waals surface area contributed by atoms with Crippen molar-refractivity contribution in [2.75, 3.05) is 36.5 Å². The number of carbonyl (C=O) groups excluding carboxylic acids is 1. The number of likely N-dealkylation sites (tertiary alicyclic amines) is 1. The van der Waals surface area contributed by atoms with Gasteiger partial charge in [-0.15, -0.1) is 0 Å². The van der Waals surface area contributed by atoms with Crippen molar-refractivity contribution in [3.63, 3.8) is 0 Å². The van der Waals surface area contributed by atoms with E-state index in [1.165, 1.54) is 24.9 Å². The maximum Gasteiger partial charge on any atom is 0.420 e. The van der Waals surface area contributed by atoms with Gasteiger partial charge in [-0.3, -0.25) is 0 Å². The number of ether oxygens (including phenoxy) is 1. The molecule has 3 aromatic heterocycles. The summed E-state index contributed by atoms with van der Waals surface area (Å²) in [6.07, 6.45) is 3.05. The lowest BCUT2D eigenvalue weighted by molar-refractivity contribution is -0.139. The second-order valence-electron chi connectivity index (χ2n) is 11.2. The lowest BCUT2D eigenvalue weighted by Gasteiger charge is -2.30. The number of carbonyl (C=O) groups is 1. The van der Waals surface area contributed by atoms with Crippen LogP contribution in [0.2, 0.25) is 0 Å². The van der Waals surface area contributed by atoms with Gasteiger partial charge in [-0.1, -0.05) is 0 Å². The topological polar surface area (TPSA) is 136 Å². The van der Waals surface area contributed by atoms with Crippen LogP contribution < -0.4 is 21.1 Å². The number of hydrogen-bond acceptors (Lipinski definition) is 8. The first-order chi connectivity index (χ1) is 21.2. The van der Waals surface area contributed by atoms with Crippen molar-refractivity contribution in [3.05, 3.63) is 54.8 Å². The lowest BCUT2D eigenvalue weighted by Crippen LogP contribution is -2.36. The van der Waals surface area contributed by atoms with Gasteiger partial charge in [0.05, 0.1) is 16.6 Å². The maximum absolute atomic E-state index is 14.0. The average Bonchev–Trinajstić information content (AvgIpc) is 3.56. The van der Waals surface area contributed by atoms with Crippen LogP contribution in [0.3, 0.4) is 0 Å². The number of nitrogens with zero attached hydrogens (tertiary/aromatic N) is 5. The van der Waals surface area contributed by atoms with Gasteiger partial charge >= 0.3 is 12.2 Å². The summed E-state index contributed by atoms with van der Waals surface area (Å²) in [4.78, 5) is 28.1. The van der Waals surface area contributed by atoms with E-state index in [4.69, 9.17) is 14.9 Å². The van der Waals surface area contributed by atoms with E-state index in [0.717, 1.165) is 43.2 Å². The number of rotatable bonds is 6. The van der Waals surface area contributed by atoms with Crippen LogP contribution in [-0.4, -0.2) is 56.7 Å². The minimum Gasteiger partial charge on any atom is -0.490 e. The summed E-state index contributed by atoms with van der Waals surface area (Å²) in [5.74, 6) is 0.0784. The number of fused-ring (bicyclic) bond motifs is 2. The predicted octanol–water partition coefficient (Wildman–Crippen LogP) is 6.29. The molecule has 5 aromatic rings. The van der Waals surface area contributed by atoms with E-state index in [-0.39, 0.29) is 23.2 Å². The Morgan fingerprint density at radius 1 is 1.05 bits per heavy atom. The number of benzene rings is 2. The highest BCUT2D eigenvalue weighted by Gasteiger charge is 2.36. The molecule has 4 heterocycles. The first kappa shape index (κ1) is 28.0. The highest BCUT2D eigenvalue weighted by atomic mass is 19.4. The first-order valence-electron chi connectivity index (χ1n) is 14.3. The molecule has 2 fully saturated rings. The van der Waals surface area contributed by atoms with Crippen LogP contribution in [0.25, 0.3) is 33.3 Å². The normalized spacial score (nSPS) is 16.5. The number of nitrogens with one attached hydrogen (secondary N) is 2. The van der Waals surface area contributed by atoms with Crippen LogP contribution in [0.15, 0.2) is 53.7 Å². The third-order valence-electron chi connectivity index (χ3n) is 8.10. The SMILES string of the molecule is CN1CCC(Oc2ccc(NC(=O)Nc3ccc(-c4cn(C5CC5)c5ncnc(N)c45)c4ncoc34)cc2C(F)(F)F)CC1. The van der Waals surface area contributed by atoms with Gasteiger partial charge in [0.1, 0.15) is 35.2 Å². The van der Waals surface area contributed by atoms with Crippen molar-refractivity contribution in [2.45, 2.75) is 44.0 Å². The van der Waals surface area contributed by atoms with Crippen LogP contribution in [0, 0.1) is 0 Å². The van der Waals surface area contributed by atoms with E-state index in [1.54, 1.807) is 12.1 Å². The minimum atomic E-state index is -4.67. The van der Waals surface area contributed by atoms with Gasteiger partial charge in [-0.25, -0.2) is 19.7 Å². The molecule has 0 radical (unpaired) electrons. The number of nitrogen functional groups attached to an aromatic ring is 1. The zero-order valence-electron chi connectivity index (χ0n) is 23.7. The van der Waals surface area contributed by atoms with Crippen molar-refractivity contribution in [1.29, 1.82) is 0 Å². The number of hydrogen-bond donors (Lipinski definition) is 3. The van der Waals surface area contributed by atoms with E-state index in [0.29, 0.717) is 46.8 Å². The zero-order chi connectivity index (χ0) is 30.6. The van der Waals surface area contributed by atoms with Crippen LogP contribution in [0.4, 0.5) is 35.2 Å². The number of alkyl halides is 3. The molecule has 1 aliphatic heterocycles. The van der Waals surface area contributed by atoms with Gasteiger partial charge in [0.25, 0.3) is 0 Å². The summed E-state index contributed by atoms with van der Waals surface area (Å²) in [5.41, 5.74) is 8.53. The Labute approximate surface area is 249 Å². The number of aromatic nitrogens is 4. The standard InChI is InChI=1S/C30H29F3N8O3/c1-40-10-8-18(9-11-40)44-23-7-2-16(12-21(23)30(31,32)33)38-29(42)39-22-6-5-19(25-26(22)43-15-37-25)20-13-41(17-3-4-17)28-24(20)27(34)35-14-36-28/h2,5-7,12-15,17-18H,3-4,8-11H2,1H3,(H2,34,35,36)(H2,38,39,42). The Bertz CT molecular complexity index is 1870. The average molecular weight is 607 g/mol. The molecule has 228 valence electrons. The van der Waals surface area contributed by atoms with Gasteiger partial charge in [0.2, 0.25) is 0 Å². The summed E-state index contributed by atoms with van der Waals surface area (Å²) in [5, 5.41) is 5.85. The van der Waals surface area contributed by atoms with Gasteiger partial charge in [0.15, 0.2) is 12.0 Å². The Kier molecular flexibility index (Phi) is 6.80. The molecule has 7 rings (SSSR count). The summed E-state index contributed by atoms with van der Waals surface area (Å²) < 4.78 is 55.4. The molecular weight excluding hydrogens is 577 g/mol. The molecule has 2 aliphatic rings. The Hall–Kier alpha value is -4.85. The molecule has 0 spiro atoms. The number of amides is 2. The quantitative estimate of drug-likeness (QED) is 0.205. The Morgan fingerprint density at radius 3 is 2.59 bits per heavy atom. The van der Waals surface area contributed by atoms with Crippen molar-refractivity contribution in [3.8, 4) is 16.9 Å². The van der Waals surface area contributed by atoms with Crippen molar-refractivity contribution in [2.24, 2.45) is 0 Å². The molecule has 0 atom stereocenters. The molecule has 44 heavy (non-hydrogen) atoms. The minimum absolute atomic E-state index is 0.0423. The molecule has 1 aliphatic carbocycles. The van der Waals surface area contributed by atoms with Gasteiger partial charge < -0.3 is 35.0 Å². The fourth-order valence-electron chi connectivity index (χ4n) is 5.71. The second-order valence-corrected chi connectivity index (χ2v) is 11.2. The van der Waals surface area contributed by atoms with E-state index in [9.17, 15) is 18.0 Å². The lowest BCUT2D eigenvalue weighted by atomic mass is 10.0. The van der Waals surface area contributed by atoms with Crippen LogP contribution in [0.1, 0.15) is 37.3 Å². The zero-order valence-corrected chi connectivity index (χ0v) is 23.7. The monoisotopic (exact) mass is 606 g/mol. The van der Waals surface area contributed by atoms with E-state index < -0.39 is 17.8 Å². The molecular formula is C30H29F3N8O3. The molecule has 1 saturated carbocycles. The highest BCUT2D eigenvalue weighted by Crippen LogP contribution is 2.44. The third-order valence-corrected chi connectivity index (χ3v) is 8.10. The summed E-state index contributed by atoms with van der Waals surface area (Å²) in [6, 6.07) is 6.50. The summed E-state index contributed by atoms with van der Waals surface area (Å²) >= 11 is 0. The number of halogens is 3. The van der Waals surface area contributed by atoms with Crippen molar-refractivity contribution in [1.82, 2.24) is 24.4 Å². The maximum atomic E-state index is 14.0. The number of piperidine rings is 1. The smallest absolute Gasteiger partial charge is 0.420 e. The molecule has 11 nitrogen and oxygen atoms in total. The highest BCUT2D eigenvalue weighted by molar-refractivity contribution is 6.10. The molecule has 4 N–H and O–H groups in total. The third kappa shape index (κ3) is 5.25. The number of urea groups is 1. The van der Waals surface area contributed by atoms with E-state index in [2.05, 4.69) is 35.1 Å². The van der Waals surface area contributed by atoms with Crippen LogP contribution in [-0.2, 0) is 6.18 Å². The number of oxazole rings is 1. The van der Waals surface area contributed by atoms with Gasteiger partial charge in [0, 0.05) is 42.1 Å². The van der Waals surface area contributed by atoms with Crippen molar-refractivity contribution < 1.29 is 27.1 Å². The molecule has 1 saturated heterocycles. The summed E-state index contributed by atoms with van der Waals surface area (Å²) in [6.45, 7) is 1.50. The molecule has 0 unspecified atom stereocenters. The molecule has 14 heteroatoms. The van der Waals surface area contributed by atoms with E-state index >= 15 is 0 Å². The first-order valence-corrected chi connectivity index (χ1v) is 14.3. The Morgan fingerprint density at radius 2 is 1.84 bits per heavy atom. The van der Waals surface area contributed by atoms with Gasteiger partial charge in [-0.2, -0.15) is 13.2 Å². The van der Waals surface area contributed by atoms with Gasteiger partial charge in [-0.05, 0) is 63.1 Å². The summed E-state index contributed by atoms with van der Waals surface area (Å²) in [7, 11) is 1.96. The van der Waals surface area contributed by atoms with Crippen LogP contribution in [0.5, 0.6) is 5.75 Å². The fraction of sp³-hybridized carbons (Fsp3) is 0.333. The molecule has 0 bridgehead atoms. The fourth-order valence-corrected chi connectivity index (χ4v) is 5.71. The second kappa shape index (κ2) is 10.7. The number of anilines is 3. The largest absolute Gasteiger partial charge is 0.490 e. The Balaban J connectivity index is 1.13. The predicted molar refractivity (Wildman–Crippen MR) is 158 cm³/mol.